The van der Waals surface area contributed by atoms with Crippen molar-refractivity contribution in [1.29, 1.82) is 0 Å². The van der Waals surface area contributed by atoms with E-state index < -0.39 is 71.6 Å². The van der Waals surface area contributed by atoms with Crippen LogP contribution in [0.4, 0.5) is 58.4 Å². The molecule has 0 aliphatic carbocycles. The van der Waals surface area contributed by atoms with Gasteiger partial charge in [-0.1, -0.05) is 12.1 Å². The first-order valence-corrected chi connectivity index (χ1v) is 7.93. The van der Waals surface area contributed by atoms with Crippen molar-refractivity contribution >= 4 is 11.7 Å². The predicted octanol–water partition coefficient (Wildman–Crippen LogP) is 4.96. The Labute approximate surface area is 174 Å². The number of carbonyl (C=O) groups is 1. The van der Waals surface area contributed by atoms with Crippen LogP contribution in [0.1, 0.15) is 0 Å². The van der Waals surface area contributed by atoms with Crippen LogP contribution in [0.25, 0.3) is 0 Å². The highest BCUT2D eigenvalue weighted by Crippen LogP contribution is 2.58. The van der Waals surface area contributed by atoms with E-state index >= 15 is 0 Å². The Morgan fingerprint density at radius 1 is 0.909 bits per heavy atom. The van der Waals surface area contributed by atoms with E-state index in [-0.39, 0.29) is 0 Å². The Bertz CT molecular complexity index is 877. The number of hydrogen-bond acceptors (Lipinski definition) is 5. The summed E-state index contributed by atoms with van der Waals surface area (Å²) in [7, 11) is 0. The van der Waals surface area contributed by atoms with Gasteiger partial charge in [-0.2, -0.15) is 43.9 Å². The summed E-state index contributed by atoms with van der Waals surface area (Å²) in [6, 6.07) is 4.02. The minimum atomic E-state index is -7.75. The summed E-state index contributed by atoms with van der Waals surface area (Å²) >= 11 is 0. The molecule has 0 radical (unpaired) electrons. The first-order valence-electron chi connectivity index (χ1n) is 7.93. The average molecular weight is 511 g/mol. The number of nitro benzene ring substituents is 1. The normalized spacial score (nSPS) is 13.7. The number of ether oxygens (including phenoxy) is 2. The lowest BCUT2D eigenvalue weighted by molar-refractivity contribution is -0.414. The zero-order valence-electron chi connectivity index (χ0n) is 15.3. The lowest BCUT2D eigenvalue weighted by Gasteiger charge is -2.38. The molecule has 0 saturated carbocycles. The van der Waals surface area contributed by atoms with Crippen molar-refractivity contribution in [1.82, 2.24) is 0 Å². The molecular formula is C15H9F12NO5. The predicted molar refractivity (Wildman–Crippen MR) is 80.3 cm³/mol. The third-order valence-electron chi connectivity index (χ3n) is 3.76. The van der Waals surface area contributed by atoms with E-state index in [9.17, 15) is 67.6 Å². The van der Waals surface area contributed by atoms with Gasteiger partial charge >= 0.3 is 47.7 Å². The van der Waals surface area contributed by atoms with Gasteiger partial charge < -0.3 is 9.47 Å². The van der Waals surface area contributed by atoms with E-state index in [1.165, 1.54) is 0 Å². The largest absolute Gasteiger partial charge is 0.475 e. The Balaban J connectivity index is 2.97. The third kappa shape index (κ3) is 5.02. The van der Waals surface area contributed by atoms with Crippen LogP contribution in [0, 0.1) is 10.1 Å². The number of nitrogens with zero attached hydrogens (tertiary/aromatic N) is 1. The summed E-state index contributed by atoms with van der Waals surface area (Å²) in [6.07, 6.45) is -5.64. The molecule has 0 saturated heterocycles. The van der Waals surface area contributed by atoms with Crippen molar-refractivity contribution in [3.8, 4) is 5.75 Å². The molecule has 6 nitrogen and oxygen atoms in total. The molecule has 1 rings (SSSR count). The van der Waals surface area contributed by atoms with Crippen molar-refractivity contribution in [2.24, 2.45) is 0 Å². The highest BCUT2D eigenvalue weighted by Gasteiger charge is 2.87. The second-order valence-electron chi connectivity index (χ2n) is 6.03. The lowest BCUT2D eigenvalue weighted by Crippen LogP contribution is -2.69. The molecule has 0 N–H and O–H groups in total. The number of carbonyl (C=O) groups excluding carboxylic acids is 1. The molecule has 33 heavy (non-hydrogen) atoms. The van der Waals surface area contributed by atoms with E-state index in [1.54, 1.807) is 0 Å². The maximum atomic E-state index is 13.5. The Hall–Kier alpha value is -2.95. The van der Waals surface area contributed by atoms with Crippen LogP contribution in [-0.2, 0) is 9.53 Å². The Morgan fingerprint density at radius 2 is 1.42 bits per heavy atom. The first kappa shape index (κ1) is 28.1. The number of nitro groups is 1. The number of esters is 1. The Morgan fingerprint density at radius 3 is 1.91 bits per heavy atom. The van der Waals surface area contributed by atoms with Gasteiger partial charge in [-0.15, -0.1) is 0 Å². The van der Waals surface area contributed by atoms with E-state index in [2.05, 4.69) is 9.47 Å². The van der Waals surface area contributed by atoms with Gasteiger partial charge in [0.2, 0.25) is 0 Å². The van der Waals surface area contributed by atoms with E-state index in [1.807, 2.05) is 0 Å². The summed E-state index contributed by atoms with van der Waals surface area (Å²) in [5, 5.41) is 10.7. The molecule has 0 amide bonds. The minimum Gasteiger partial charge on any atom is -0.475 e. The third-order valence-corrected chi connectivity index (χ3v) is 3.76. The van der Waals surface area contributed by atoms with Crippen LogP contribution in [0.15, 0.2) is 24.3 Å². The molecule has 0 unspecified atom stereocenters. The SMILES string of the molecule is O=C(COc1ccccc1[N+](=O)[O-])OCC(F)(F)C(F)(F)C(F)(F)C(F)(F)C(F)(F)C(F)F. The van der Waals surface area contributed by atoms with Crippen molar-refractivity contribution in [3.05, 3.63) is 34.4 Å². The molecule has 0 bridgehead atoms. The molecule has 0 spiro atoms. The fraction of sp³-hybridized carbons (Fsp3) is 0.533. The van der Waals surface area contributed by atoms with Crippen molar-refractivity contribution in [2.45, 2.75) is 36.0 Å². The standard InChI is InChI=1S/C15H9F12NO5/c16-10(17)12(20,21)14(24,25)15(26,27)13(22,23)11(18,19)6-33-9(29)5-32-8-4-2-1-3-7(8)28(30)31/h1-4,10H,5-6H2. The molecule has 188 valence electrons. The highest BCUT2D eigenvalue weighted by molar-refractivity contribution is 5.71. The fourth-order valence-corrected chi connectivity index (χ4v) is 1.94. The summed E-state index contributed by atoms with van der Waals surface area (Å²) in [4.78, 5) is 21.0. The van der Waals surface area contributed by atoms with Crippen LogP contribution < -0.4 is 4.74 Å². The second-order valence-corrected chi connectivity index (χ2v) is 6.03. The number of alkyl halides is 12. The van der Waals surface area contributed by atoms with Gasteiger partial charge in [0.25, 0.3) is 0 Å². The molecule has 0 aliphatic rings. The molecule has 0 aliphatic heterocycles. The molecule has 1 aromatic rings. The number of halogens is 12. The smallest absolute Gasteiger partial charge is 0.384 e. The second kappa shape index (κ2) is 9.12. The Kier molecular flexibility index (Phi) is 7.76. The fourth-order valence-electron chi connectivity index (χ4n) is 1.94. The van der Waals surface area contributed by atoms with Gasteiger partial charge in [0.05, 0.1) is 4.92 Å². The quantitative estimate of drug-likeness (QED) is 0.182. The molecule has 0 aromatic heterocycles. The van der Waals surface area contributed by atoms with Gasteiger partial charge in [0.1, 0.15) is 0 Å². The maximum absolute atomic E-state index is 13.5. The molecule has 0 atom stereocenters. The van der Waals surface area contributed by atoms with E-state index in [4.69, 9.17) is 0 Å². The summed E-state index contributed by atoms with van der Waals surface area (Å²) in [6.45, 7) is -4.62. The average Bonchev–Trinajstić information content (AvgIpc) is 2.70. The minimum absolute atomic E-state index is 0.656. The van der Waals surface area contributed by atoms with Crippen LogP contribution in [0.3, 0.4) is 0 Å². The molecule has 1 aromatic carbocycles. The van der Waals surface area contributed by atoms with Gasteiger partial charge in [-0.05, 0) is 6.07 Å². The van der Waals surface area contributed by atoms with Crippen molar-refractivity contribution in [2.75, 3.05) is 13.2 Å². The van der Waals surface area contributed by atoms with Crippen LogP contribution in [0.2, 0.25) is 0 Å². The first-order chi connectivity index (χ1) is 14.7. The zero-order chi connectivity index (χ0) is 26.0. The lowest BCUT2D eigenvalue weighted by atomic mass is 9.94. The monoisotopic (exact) mass is 511 g/mol. The van der Waals surface area contributed by atoms with Crippen LogP contribution in [0.5, 0.6) is 5.75 Å². The van der Waals surface area contributed by atoms with Gasteiger partial charge in [-0.3, -0.25) is 10.1 Å². The van der Waals surface area contributed by atoms with Gasteiger partial charge in [0, 0.05) is 6.07 Å². The number of hydrogen-bond donors (Lipinski definition) is 0. The van der Waals surface area contributed by atoms with Gasteiger partial charge in [-0.25, -0.2) is 13.6 Å². The molecule has 0 heterocycles. The molecule has 0 fully saturated rings. The molecular weight excluding hydrogens is 502 g/mol. The van der Waals surface area contributed by atoms with Gasteiger partial charge in [0.15, 0.2) is 19.0 Å². The summed E-state index contributed by atoms with van der Waals surface area (Å²) < 4.78 is 164. The van der Waals surface area contributed by atoms with Crippen LogP contribution in [-0.4, -0.2) is 60.1 Å². The van der Waals surface area contributed by atoms with Crippen molar-refractivity contribution in [3.63, 3.8) is 0 Å². The number of benzene rings is 1. The topological polar surface area (TPSA) is 78.7 Å². The van der Waals surface area contributed by atoms with E-state index in [0.717, 1.165) is 24.3 Å². The van der Waals surface area contributed by atoms with Crippen molar-refractivity contribution < 1.29 is 71.9 Å². The zero-order valence-corrected chi connectivity index (χ0v) is 15.3. The van der Waals surface area contributed by atoms with E-state index in [0.29, 0.717) is 0 Å². The molecule has 18 heteroatoms. The number of para-hydroxylation sites is 2. The van der Waals surface area contributed by atoms with Crippen LogP contribution >= 0.6 is 0 Å². The summed E-state index contributed by atoms with van der Waals surface area (Å²) in [5.41, 5.74) is -0.760. The maximum Gasteiger partial charge on any atom is 0.384 e. The number of rotatable bonds is 11. The highest BCUT2D eigenvalue weighted by atomic mass is 19.4. The summed E-state index contributed by atoms with van der Waals surface area (Å²) in [5.74, 6) is -39.2.